The summed E-state index contributed by atoms with van der Waals surface area (Å²) < 4.78 is 41.8. The van der Waals surface area contributed by atoms with Crippen molar-refractivity contribution < 1.29 is 22.8 Å². The third-order valence-electron chi connectivity index (χ3n) is 6.29. The minimum absolute atomic E-state index is 0.154. The molecule has 0 radical (unpaired) electrons. The maximum atomic E-state index is 14.0. The average Bonchev–Trinajstić information content (AvgIpc) is 3.28. The van der Waals surface area contributed by atoms with E-state index in [4.69, 9.17) is 11.6 Å². The van der Waals surface area contributed by atoms with E-state index in [2.05, 4.69) is 15.3 Å². The molecule has 2 aliphatic rings. The van der Waals surface area contributed by atoms with Gasteiger partial charge in [-0.1, -0.05) is 29.3 Å². The van der Waals surface area contributed by atoms with Gasteiger partial charge >= 0.3 is 0 Å². The lowest BCUT2D eigenvalue weighted by Crippen LogP contribution is -2.50. The molecule has 4 rings (SSSR count). The first-order chi connectivity index (χ1) is 15.2. The molecule has 1 aromatic heterocycles. The summed E-state index contributed by atoms with van der Waals surface area (Å²) in [7, 11) is 0. The first-order valence-electron chi connectivity index (χ1n) is 10.3. The number of benzene rings is 1. The van der Waals surface area contributed by atoms with Gasteiger partial charge in [0.25, 0.3) is 17.5 Å². The number of hydrogen-bond acceptors (Lipinski definition) is 4. The fourth-order valence-corrected chi connectivity index (χ4v) is 4.84. The zero-order valence-electron chi connectivity index (χ0n) is 17.2. The maximum Gasteiger partial charge on any atom is 0.278 e. The Bertz CT molecular complexity index is 990. The van der Waals surface area contributed by atoms with Gasteiger partial charge in [0.15, 0.2) is 0 Å². The van der Waals surface area contributed by atoms with Crippen LogP contribution < -0.4 is 10.2 Å². The molecule has 2 fully saturated rings. The number of aryl methyl sites for hydroxylation is 1. The molecule has 1 aromatic carbocycles. The minimum Gasteiger partial charge on any atom is -0.351 e. The molecule has 2 bridgehead atoms. The number of amides is 2. The van der Waals surface area contributed by atoms with Crippen molar-refractivity contribution in [1.29, 1.82) is 0 Å². The van der Waals surface area contributed by atoms with Crippen LogP contribution in [0.3, 0.4) is 0 Å². The summed E-state index contributed by atoms with van der Waals surface area (Å²) in [5.41, 5.74) is -0.995. The first-order valence-corrected chi connectivity index (χ1v) is 10.7. The van der Waals surface area contributed by atoms with Gasteiger partial charge in [-0.05, 0) is 37.8 Å². The van der Waals surface area contributed by atoms with Crippen LogP contribution in [0.25, 0.3) is 0 Å². The van der Waals surface area contributed by atoms with Crippen molar-refractivity contribution in [3.63, 3.8) is 0 Å². The summed E-state index contributed by atoms with van der Waals surface area (Å²) in [6, 6.07) is 4.80. The standard InChI is InChI=1S/C22H22ClF3N4O2/c1-12-2-4-16(5-3-12)30(21(32)19(23)24)18(14-9-27-11-28-10-14)20(31)29-17-7-15-6-13(17)8-22(15,25)26/h2-5,9-11,13,15,17-19H,6-8H2,1H3,(H,29,31)/t13?,15?,17-,18+,19-/m0/s1. The maximum absolute atomic E-state index is 14.0. The number of rotatable bonds is 6. The van der Waals surface area contributed by atoms with Crippen molar-refractivity contribution in [2.45, 2.75) is 49.8 Å². The molecule has 2 saturated carbocycles. The summed E-state index contributed by atoms with van der Waals surface area (Å²) >= 11 is 5.49. The number of alkyl halides is 4. The van der Waals surface area contributed by atoms with Gasteiger partial charge in [-0.15, -0.1) is 0 Å². The molecule has 2 unspecified atom stereocenters. The second-order valence-corrected chi connectivity index (χ2v) is 8.81. The van der Waals surface area contributed by atoms with Crippen LogP contribution in [0.5, 0.6) is 0 Å². The number of carbonyl (C=O) groups excluding carboxylic acids is 2. The SMILES string of the molecule is Cc1ccc(N(C(=O)[C@H](F)Cl)[C@@H](C(=O)N[C@H]2CC3CC2CC3(F)F)c2cncnc2)cc1. The van der Waals surface area contributed by atoms with Gasteiger partial charge in [-0.25, -0.2) is 23.1 Å². The molecular formula is C22H22ClF3N4O2. The highest BCUT2D eigenvalue weighted by molar-refractivity contribution is 6.32. The van der Waals surface area contributed by atoms with Gasteiger partial charge in [0.05, 0.1) is 0 Å². The third-order valence-corrected chi connectivity index (χ3v) is 6.48. The smallest absolute Gasteiger partial charge is 0.278 e. The third kappa shape index (κ3) is 4.30. The fourth-order valence-electron chi connectivity index (χ4n) is 4.73. The lowest BCUT2D eigenvalue weighted by Gasteiger charge is -2.34. The first kappa shape index (κ1) is 22.5. The lowest BCUT2D eigenvalue weighted by molar-refractivity contribution is -0.128. The fraction of sp³-hybridized carbons (Fsp3) is 0.455. The zero-order chi connectivity index (χ0) is 23.0. The van der Waals surface area contributed by atoms with E-state index in [1.54, 1.807) is 24.3 Å². The van der Waals surface area contributed by atoms with Gasteiger partial charge in [0.1, 0.15) is 12.4 Å². The second kappa shape index (κ2) is 8.69. The zero-order valence-corrected chi connectivity index (χ0v) is 18.0. The molecule has 0 aliphatic heterocycles. The van der Waals surface area contributed by atoms with Crippen molar-refractivity contribution >= 4 is 29.1 Å². The molecule has 2 aromatic rings. The Balaban J connectivity index is 1.68. The predicted molar refractivity (Wildman–Crippen MR) is 112 cm³/mol. The number of aromatic nitrogens is 2. The number of anilines is 1. The van der Waals surface area contributed by atoms with E-state index in [0.29, 0.717) is 6.42 Å². The normalized spacial score (nSPS) is 25.2. The summed E-state index contributed by atoms with van der Waals surface area (Å²) in [4.78, 5) is 35.0. The molecule has 0 saturated heterocycles. The average molecular weight is 467 g/mol. The topological polar surface area (TPSA) is 75.2 Å². The Morgan fingerprint density at radius 2 is 1.84 bits per heavy atom. The Kier molecular flexibility index (Phi) is 6.11. The van der Waals surface area contributed by atoms with Crippen LogP contribution in [0.15, 0.2) is 43.0 Å². The minimum atomic E-state index is -2.72. The van der Waals surface area contributed by atoms with E-state index >= 15 is 0 Å². The molecule has 2 aliphatic carbocycles. The molecule has 1 N–H and O–H groups in total. The molecule has 0 spiro atoms. The van der Waals surface area contributed by atoms with Gasteiger partial charge in [0, 0.05) is 42.0 Å². The van der Waals surface area contributed by atoms with Crippen molar-refractivity contribution in [2.24, 2.45) is 11.8 Å². The lowest BCUT2D eigenvalue weighted by atomic mass is 9.92. The van der Waals surface area contributed by atoms with Crippen molar-refractivity contribution in [2.75, 3.05) is 4.90 Å². The Hall–Kier alpha value is -2.68. The van der Waals surface area contributed by atoms with Crippen LogP contribution in [0.1, 0.15) is 36.4 Å². The Morgan fingerprint density at radius 3 is 2.38 bits per heavy atom. The van der Waals surface area contributed by atoms with Gasteiger partial charge in [-0.2, -0.15) is 0 Å². The van der Waals surface area contributed by atoms with Crippen LogP contribution in [0.4, 0.5) is 18.9 Å². The highest BCUT2D eigenvalue weighted by Crippen LogP contribution is 2.53. The molecule has 170 valence electrons. The van der Waals surface area contributed by atoms with Crippen LogP contribution >= 0.6 is 11.6 Å². The second-order valence-electron chi connectivity index (χ2n) is 8.43. The Labute approximate surface area is 188 Å². The monoisotopic (exact) mass is 466 g/mol. The van der Waals surface area contributed by atoms with E-state index in [0.717, 1.165) is 10.5 Å². The highest BCUT2D eigenvalue weighted by Gasteiger charge is 2.57. The van der Waals surface area contributed by atoms with Gasteiger partial charge in [0.2, 0.25) is 5.91 Å². The van der Waals surface area contributed by atoms with E-state index in [9.17, 15) is 22.8 Å². The summed E-state index contributed by atoms with van der Waals surface area (Å²) in [6.45, 7) is 1.84. The van der Waals surface area contributed by atoms with Crippen LogP contribution in [0.2, 0.25) is 0 Å². The highest BCUT2D eigenvalue weighted by atomic mass is 35.5. The number of nitrogens with one attached hydrogen (secondary N) is 1. The largest absolute Gasteiger partial charge is 0.351 e. The Morgan fingerprint density at radius 1 is 1.19 bits per heavy atom. The summed E-state index contributed by atoms with van der Waals surface area (Å²) in [5, 5.41) is 2.81. The van der Waals surface area contributed by atoms with Crippen LogP contribution in [-0.2, 0) is 9.59 Å². The van der Waals surface area contributed by atoms with Crippen molar-refractivity contribution in [3.8, 4) is 0 Å². The van der Waals surface area contributed by atoms with Crippen molar-refractivity contribution in [3.05, 3.63) is 54.1 Å². The van der Waals surface area contributed by atoms with E-state index in [1.165, 1.54) is 18.7 Å². The van der Waals surface area contributed by atoms with E-state index < -0.39 is 41.4 Å². The summed E-state index contributed by atoms with van der Waals surface area (Å²) in [5.74, 6) is -5.60. The molecule has 2 amide bonds. The molecule has 32 heavy (non-hydrogen) atoms. The predicted octanol–water partition coefficient (Wildman–Crippen LogP) is 3.94. The molecule has 1 heterocycles. The van der Waals surface area contributed by atoms with Crippen LogP contribution in [-0.4, -0.2) is 39.4 Å². The van der Waals surface area contributed by atoms with Crippen molar-refractivity contribution in [1.82, 2.24) is 15.3 Å². The number of nitrogens with zero attached hydrogens (tertiary/aromatic N) is 3. The molecule has 10 heteroatoms. The van der Waals surface area contributed by atoms with E-state index in [-0.39, 0.29) is 30.0 Å². The van der Waals surface area contributed by atoms with Gasteiger partial charge < -0.3 is 5.32 Å². The van der Waals surface area contributed by atoms with Gasteiger partial charge in [-0.3, -0.25) is 14.5 Å². The number of hydrogen-bond donors (Lipinski definition) is 1. The molecule has 6 nitrogen and oxygen atoms in total. The van der Waals surface area contributed by atoms with Crippen LogP contribution in [0, 0.1) is 18.8 Å². The van der Waals surface area contributed by atoms with E-state index in [1.807, 2.05) is 6.92 Å². The number of carbonyl (C=O) groups is 2. The molecular weight excluding hydrogens is 445 g/mol. The number of halogens is 4. The molecule has 5 atom stereocenters. The summed E-state index contributed by atoms with van der Waals surface area (Å²) in [6.07, 6.45) is 4.17. The quantitative estimate of drug-likeness (QED) is 0.654. The number of fused-ring (bicyclic) bond motifs is 2.